The summed E-state index contributed by atoms with van der Waals surface area (Å²) >= 11 is 6.23. The smallest absolute Gasteiger partial charge is 0.240 e. The van der Waals surface area contributed by atoms with Crippen LogP contribution >= 0.6 is 11.6 Å². The van der Waals surface area contributed by atoms with Gasteiger partial charge in [-0.25, -0.2) is 0 Å². The van der Waals surface area contributed by atoms with Crippen LogP contribution in [0.5, 0.6) is 0 Å². The Balaban J connectivity index is 2.60. The second kappa shape index (κ2) is 11.3. The van der Waals surface area contributed by atoms with Crippen LogP contribution in [0.1, 0.15) is 45.7 Å². The maximum absolute atomic E-state index is 13.4. The molecule has 0 aliphatic carbocycles. The number of likely N-dealkylation sites (N-methyl/N-ethyl adjacent to an activating group) is 1. The van der Waals surface area contributed by atoms with E-state index in [-0.39, 0.29) is 17.9 Å². The fourth-order valence-corrected chi connectivity index (χ4v) is 3.99. The molecule has 0 radical (unpaired) electrons. The van der Waals surface area contributed by atoms with Crippen molar-refractivity contribution in [2.75, 3.05) is 19.4 Å². The number of halogens is 1. The lowest BCUT2D eigenvalue weighted by atomic mass is 9.85. The van der Waals surface area contributed by atoms with Gasteiger partial charge in [-0.15, -0.1) is 0 Å². The first kappa shape index (κ1) is 24.9. The van der Waals surface area contributed by atoms with Gasteiger partial charge in [-0.1, -0.05) is 67.5 Å². The predicted molar refractivity (Wildman–Crippen MR) is 129 cm³/mol. The van der Waals surface area contributed by atoms with Crippen LogP contribution in [-0.4, -0.2) is 36.9 Å². The molecule has 0 unspecified atom stereocenters. The first-order chi connectivity index (χ1) is 14.6. The van der Waals surface area contributed by atoms with Gasteiger partial charge in [0.15, 0.2) is 0 Å². The summed E-state index contributed by atoms with van der Waals surface area (Å²) in [6.07, 6.45) is 10.3. The fraction of sp³-hybridized carbons (Fsp3) is 0.440. The van der Waals surface area contributed by atoms with E-state index in [1.807, 2.05) is 56.4 Å². The molecule has 1 aromatic carbocycles. The third-order valence-corrected chi connectivity index (χ3v) is 5.56. The molecule has 1 aliphatic heterocycles. The van der Waals surface area contributed by atoms with Gasteiger partial charge < -0.3 is 10.2 Å². The van der Waals surface area contributed by atoms with E-state index < -0.39 is 12.0 Å². The number of carbonyl (C=O) groups excluding carboxylic acids is 2. The van der Waals surface area contributed by atoms with Crippen molar-refractivity contribution in [3.05, 3.63) is 64.7 Å². The minimum absolute atomic E-state index is 0.101. The quantitative estimate of drug-likeness (QED) is 0.600. The highest BCUT2D eigenvalue weighted by Crippen LogP contribution is 2.35. The van der Waals surface area contributed by atoms with E-state index in [1.54, 1.807) is 20.2 Å². The number of allylic oxidation sites excluding steroid dienone is 5. The normalized spacial score (nSPS) is 22.4. The number of rotatable bonds is 6. The Morgan fingerprint density at radius 2 is 1.94 bits per heavy atom. The van der Waals surface area contributed by atoms with Crippen LogP contribution in [0.15, 0.2) is 54.2 Å². The number of fused-ring (bicyclic) bond motifs is 1. The summed E-state index contributed by atoms with van der Waals surface area (Å²) in [7, 11) is 3.43. The summed E-state index contributed by atoms with van der Waals surface area (Å²) in [4.78, 5) is 28.1. The summed E-state index contributed by atoms with van der Waals surface area (Å²) < 4.78 is 0. The van der Waals surface area contributed by atoms with Crippen molar-refractivity contribution in [3.8, 4) is 0 Å². The van der Waals surface area contributed by atoms with Gasteiger partial charge in [0, 0.05) is 30.8 Å². The zero-order chi connectivity index (χ0) is 23.1. The zero-order valence-electron chi connectivity index (χ0n) is 19.3. The molecule has 31 heavy (non-hydrogen) atoms. The Hall–Kier alpha value is -2.37. The number of anilines is 1. The van der Waals surface area contributed by atoms with Crippen LogP contribution < -0.4 is 10.6 Å². The molecule has 0 aromatic heterocycles. The Bertz CT molecular complexity index is 887. The third kappa shape index (κ3) is 6.55. The van der Waals surface area contributed by atoms with Crippen LogP contribution in [-0.2, 0) is 9.59 Å². The molecule has 2 rings (SSSR count). The monoisotopic (exact) mass is 443 g/mol. The number of amides is 2. The standard InChI is InChI=1S/C25H34ClN3O2/c1-7-8-9-10-11-17(4)22-23(25(31)29(5)6)27-20(14-16(2)3)19-13-12-18(26)15-21(19)28-24(22)30/h7-13,15-16,20,22-23,27H,14H2,1-6H3,(H,28,30)/b8-7-,10-9-,17-11+/t20-,22+,23-/m1/s1. The molecule has 3 atom stereocenters. The molecule has 168 valence electrons. The molecule has 2 N–H and O–H groups in total. The van der Waals surface area contributed by atoms with Gasteiger partial charge in [-0.3, -0.25) is 14.9 Å². The van der Waals surface area contributed by atoms with E-state index in [9.17, 15) is 9.59 Å². The van der Waals surface area contributed by atoms with Crippen LogP contribution in [0, 0.1) is 11.8 Å². The molecular formula is C25H34ClN3O2. The lowest BCUT2D eigenvalue weighted by Gasteiger charge is -2.36. The molecule has 0 saturated carbocycles. The molecule has 2 amide bonds. The summed E-state index contributed by atoms with van der Waals surface area (Å²) in [5, 5.41) is 7.14. The summed E-state index contributed by atoms with van der Waals surface area (Å²) in [6, 6.07) is 4.74. The van der Waals surface area contributed by atoms with Crippen molar-refractivity contribution in [2.24, 2.45) is 11.8 Å². The van der Waals surface area contributed by atoms with Crippen molar-refractivity contribution in [1.29, 1.82) is 0 Å². The molecule has 5 nitrogen and oxygen atoms in total. The number of hydrogen-bond acceptors (Lipinski definition) is 3. The Morgan fingerprint density at radius 1 is 1.23 bits per heavy atom. The zero-order valence-corrected chi connectivity index (χ0v) is 20.0. The van der Waals surface area contributed by atoms with Crippen molar-refractivity contribution in [1.82, 2.24) is 10.2 Å². The van der Waals surface area contributed by atoms with Crippen molar-refractivity contribution < 1.29 is 9.59 Å². The van der Waals surface area contributed by atoms with Crippen molar-refractivity contribution in [2.45, 2.75) is 46.2 Å². The lowest BCUT2D eigenvalue weighted by molar-refractivity contribution is -0.135. The third-order valence-electron chi connectivity index (χ3n) is 5.32. The largest absolute Gasteiger partial charge is 0.347 e. The van der Waals surface area contributed by atoms with E-state index in [4.69, 9.17) is 11.6 Å². The maximum atomic E-state index is 13.4. The summed E-state index contributed by atoms with van der Waals surface area (Å²) in [5.74, 6) is -0.624. The van der Waals surface area contributed by atoms with E-state index in [1.165, 1.54) is 4.90 Å². The second-order valence-corrected chi connectivity index (χ2v) is 9.02. The first-order valence-corrected chi connectivity index (χ1v) is 11.1. The fourth-order valence-electron chi connectivity index (χ4n) is 3.82. The van der Waals surface area contributed by atoms with Gasteiger partial charge in [0.1, 0.15) is 6.04 Å². The van der Waals surface area contributed by atoms with Crippen LogP contribution in [0.2, 0.25) is 5.02 Å². The number of hydrogen-bond donors (Lipinski definition) is 2. The Morgan fingerprint density at radius 3 is 2.55 bits per heavy atom. The number of carbonyl (C=O) groups is 2. The topological polar surface area (TPSA) is 61.4 Å². The van der Waals surface area contributed by atoms with Crippen LogP contribution in [0.3, 0.4) is 0 Å². The van der Waals surface area contributed by atoms with Crippen LogP contribution in [0.4, 0.5) is 5.69 Å². The van der Waals surface area contributed by atoms with E-state index >= 15 is 0 Å². The molecule has 1 heterocycles. The molecule has 6 heteroatoms. The average Bonchev–Trinajstić information content (AvgIpc) is 2.68. The molecule has 1 aliphatic rings. The molecule has 0 bridgehead atoms. The minimum Gasteiger partial charge on any atom is -0.347 e. The molecule has 0 saturated heterocycles. The van der Waals surface area contributed by atoms with Gasteiger partial charge in [-0.2, -0.15) is 0 Å². The number of benzene rings is 1. The molecule has 0 spiro atoms. The highest BCUT2D eigenvalue weighted by Gasteiger charge is 2.39. The van der Waals surface area contributed by atoms with Gasteiger partial charge in [0.2, 0.25) is 11.8 Å². The second-order valence-electron chi connectivity index (χ2n) is 8.58. The number of nitrogens with one attached hydrogen (secondary N) is 2. The maximum Gasteiger partial charge on any atom is 0.240 e. The van der Waals surface area contributed by atoms with E-state index in [2.05, 4.69) is 24.5 Å². The van der Waals surface area contributed by atoms with Crippen molar-refractivity contribution >= 4 is 29.1 Å². The molecule has 1 aromatic rings. The summed E-state index contributed by atoms with van der Waals surface area (Å²) in [6.45, 7) is 8.12. The van der Waals surface area contributed by atoms with Crippen LogP contribution in [0.25, 0.3) is 0 Å². The van der Waals surface area contributed by atoms with E-state index in [0.717, 1.165) is 17.6 Å². The molecular weight excluding hydrogens is 410 g/mol. The highest BCUT2D eigenvalue weighted by molar-refractivity contribution is 6.31. The Kier molecular flexibility index (Phi) is 9.08. The van der Waals surface area contributed by atoms with Crippen molar-refractivity contribution in [3.63, 3.8) is 0 Å². The summed E-state index contributed by atoms with van der Waals surface area (Å²) in [5.41, 5.74) is 2.43. The SMILES string of the molecule is C\C=C/C=C\C=C(/C)[C@@H]1C(=O)Nc2cc(Cl)ccc2[C@@H](CC(C)C)N[C@H]1C(=O)N(C)C. The van der Waals surface area contributed by atoms with Gasteiger partial charge in [0.25, 0.3) is 0 Å². The Labute approximate surface area is 191 Å². The lowest BCUT2D eigenvalue weighted by Crippen LogP contribution is -2.54. The first-order valence-electron chi connectivity index (χ1n) is 10.7. The number of nitrogens with zero attached hydrogens (tertiary/aromatic N) is 1. The molecule has 0 fully saturated rings. The van der Waals surface area contributed by atoms with Gasteiger partial charge in [0.05, 0.1) is 5.92 Å². The highest BCUT2D eigenvalue weighted by atomic mass is 35.5. The van der Waals surface area contributed by atoms with E-state index in [0.29, 0.717) is 16.6 Å². The van der Waals surface area contributed by atoms with Gasteiger partial charge >= 0.3 is 0 Å². The van der Waals surface area contributed by atoms with Gasteiger partial charge in [-0.05, 0) is 43.9 Å². The average molecular weight is 444 g/mol. The minimum atomic E-state index is -0.686. The predicted octanol–water partition coefficient (Wildman–Crippen LogP) is 5.12.